The van der Waals surface area contributed by atoms with Gasteiger partial charge in [-0.2, -0.15) is 0 Å². The summed E-state index contributed by atoms with van der Waals surface area (Å²) in [5.74, 6) is 0.263. The highest BCUT2D eigenvalue weighted by Crippen LogP contribution is 2.30. The number of amides is 1. The second kappa shape index (κ2) is 9.68. The molecule has 0 saturated carbocycles. The van der Waals surface area contributed by atoms with E-state index in [9.17, 15) is 13.2 Å². The number of carbonyl (C=O) groups is 1. The van der Waals surface area contributed by atoms with Crippen molar-refractivity contribution in [2.24, 2.45) is 5.92 Å². The lowest BCUT2D eigenvalue weighted by Crippen LogP contribution is -2.44. The van der Waals surface area contributed by atoms with Gasteiger partial charge in [-0.15, -0.1) is 0 Å². The molecule has 0 radical (unpaired) electrons. The topological polar surface area (TPSA) is 84.9 Å². The predicted octanol–water partition coefficient (Wildman–Crippen LogP) is 3.54. The van der Waals surface area contributed by atoms with E-state index in [1.54, 1.807) is 49.6 Å². The molecule has 1 heterocycles. The molecule has 0 spiro atoms. The molecule has 3 rings (SSSR count). The number of halogens is 1. The van der Waals surface area contributed by atoms with Gasteiger partial charge in [0.05, 0.1) is 31.6 Å². The van der Waals surface area contributed by atoms with Crippen LogP contribution in [0.3, 0.4) is 0 Å². The molecule has 1 N–H and O–H groups in total. The third-order valence-corrected chi connectivity index (χ3v) is 7.10. The standard InChI is InChI=1S/C21H25ClN2O5S/c1-28-18-8-9-19(20(12-18)29-2)23-21(25)16-6-4-10-24(13-16)30(26,27)14-15-5-3-7-17(22)11-15/h3,5,7-9,11-12,16H,4,6,10,13-14H2,1-2H3,(H,23,25)/t16-/m0/s1. The third-order valence-electron chi connectivity index (χ3n) is 5.05. The second-order valence-electron chi connectivity index (χ2n) is 7.14. The van der Waals surface area contributed by atoms with Gasteiger partial charge < -0.3 is 14.8 Å². The van der Waals surface area contributed by atoms with E-state index < -0.39 is 15.9 Å². The highest BCUT2D eigenvalue weighted by atomic mass is 35.5. The van der Waals surface area contributed by atoms with E-state index in [0.29, 0.717) is 47.2 Å². The summed E-state index contributed by atoms with van der Waals surface area (Å²) >= 11 is 5.97. The number of benzene rings is 2. The lowest BCUT2D eigenvalue weighted by atomic mass is 9.98. The van der Waals surface area contributed by atoms with E-state index in [4.69, 9.17) is 21.1 Å². The highest BCUT2D eigenvalue weighted by Gasteiger charge is 2.32. The summed E-state index contributed by atoms with van der Waals surface area (Å²) in [5, 5.41) is 3.35. The molecule has 1 aliphatic heterocycles. The molecule has 2 aromatic carbocycles. The second-order valence-corrected chi connectivity index (χ2v) is 9.54. The van der Waals surface area contributed by atoms with Crippen molar-refractivity contribution in [3.8, 4) is 11.5 Å². The van der Waals surface area contributed by atoms with Crippen LogP contribution in [0.15, 0.2) is 42.5 Å². The Hall–Kier alpha value is -2.29. The zero-order valence-electron chi connectivity index (χ0n) is 16.9. The molecule has 2 aromatic rings. The van der Waals surface area contributed by atoms with Gasteiger partial charge in [-0.1, -0.05) is 23.7 Å². The summed E-state index contributed by atoms with van der Waals surface area (Å²) in [4.78, 5) is 12.8. The van der Waals surface area contributed by atoms with Crippen LogP contribution >= 0.6 is 11.6 Å². The molecule has 1 amide bonds. The summed E-state index contributed by atoms with van der Waals surface area (Å²) in [6, 6.07) is 11.9. The number of carbonyl (C=O) groups excluding carboxylic acids is 1. The van der Waals surface area contributed by atoms with E-state index >= 15 is 0 Å². The first-order chi connectivity index (χ1) is 14.3. The highest BCUT2D eigenvalue weighted by molar-refractivity contribution is 7.88. The van der Waals surface area contributed by atoms with Crippen LogP contribution in [-0.2, 0) is 20.6 Å². The number of methoxy groups -OCH3 is 2. The molecular formula is C21H25ClN2O5S. The van der Waals surface area contributed by atoms with Crippen LogP contribution in [0.4, 0.5) is 5.69 Å². The van der Waals surface area contributed by atoms with E-state index in [1.807, 2.05) is 0 Å². The van der Waals surface area contributed by atoms with Crippen LogP contribution in [0.2, 0.25) is 5.02 Å². The van der Waals surface area contributed by atoms with Crippen molar-refractivity contribution in [1.82, 2.24) is 4.31 Å². The molecule has 1 atom stereocenters. The van der Waals surface area contributed by atoms with E-state index in [2.05, 4.69) is 5.32 Å². The van der Waals surface area contributed by atoms with E-state index in [0.717, 1.165) is 0 Å². The number of rotatable bonds is 7. The first-order valence-corrected chi connectivity index (χ1v) is 11.6. The molecule has 9 heteroatoms. The van der Waals surface area contributed by atoms with Gasteiger partial charge in [0.15, 0.2) is 0 Å². The van der Waals surface area contributed by atoms with Gasteiger partial charge in [0.1, 0.15) is 11.5 Å². The zero-order valence-corrected chi connectivity index (χ0v) is 18.5. The van der Waals surface area contributed by atoms with Crippen molar-refractivity contribution in [3.05, 3.63) is 53.1 Å². The molecule has 0 aromatic heterocycles. The summed E-state index contributed by atoms with van der Waals surface area (Å²) < 4.78 is 37.6. The Morgan fingerprint density at radius 3 is 2.70 bits per heavy atom. The van der Waals surface area contributed by atoms with Crippen molar-refractivity contribution in [3.63, 3.8) is 0 Å². The Labute approximate surface area is 182 Å². The van der Waals surface area contributed by atoms with Crippen molar-refractivity contribution in [2.75, 3.05) is 32.6 Å². The fourth-order valence-corrected chi connectivity index (χ4v) is 5.28. The minimum Gasteiger partial charge on any atom is -0.497 e. The summed E-state index contributed by atoms with van der Waals surface area (Å²) in [7, 11) is -0.503. The third kappa shape index (κ3) is 5.44. The molecular weight excluding hydrogens is 428 g/mol. The molecule has 1 aliphatic rings. The Morgan fingerprint density at radius 2 is 2.00 bits per heavy atom. The van der Waals surface area contributed by atoms with Crippen molar-refractivity contribution in [1.29, 1.82) is 0 Å². The molecule has 1 saturated heterocycles. The molecule has 162 valence electrons. The maximum Gasteiger partial charge on any atom is 0.228 e. The lowest BCUT2D eigenvalue weighted by molar-refractivity contribution is -0.120. The number of anilines is 1. The van der Waals surface area contributed by atoms with E-state index in [1.165, 1.54) is 11.4 Å². The van der Waals surface area contributed by atoms with Crippen molar-refractivity contribution < 1.29 is 22.7 Å². The molecule has 0 unspecified atom stereocenters. The van der Waals surface area contributed by atoms with Crippen molar-refractivity contribution in [2.45, 2.75) is 18.6 Å². The Morgan fingerprint density at radius 1 is 1.20 bits per heavy atom. The number of hydrogen-bond donors (Lipinski definition) is 1. The smallest absolute Gasteiger partial charge is 0.228 e. The van der Waals surface area contributed by atoms with Gasteiger partial charge in [-0.3, -0.25) is 4.79 Å². The number of piperidine rings is 1. The number of sulfonamides is 1. The molecule has 1 fully saturated rings. The van der Waals surface area contributed by atoms with Gasteiger partial charge in [0.25, 0.3) is 0 Å². The van der Waals surface area contributed by atoms with Crippen LogP contribution in [0.5, 0.6) is 11.5 Å². The summed E-state index contributed by atoms with van der Waals surface area (Å²) in [6.07, 6.45) is 1.24. The molecule has 7 nitrogen and oxygen atoms in total. The van der Waals surface area contributed by atoms with Gasteiger partial charge >= 0.3 is 0 Å². The van der Waals surface area contributed by atoms with Crippen molar-refractivity contribution >= 4 is 33.2 Å². The fraction of sp³-hybridized carbons (Fsp3) is 0.381. The quantitative estimate of drug-likeness (QED) is 0.694. The van der Waals surface area contributed by atoms with Crippen LogP contribution < -0.4 is 14.8 Å². The van der Waals surface area contributed by atoms with Crippen LogP contribution in [0.1, 0.15) is 18.4 Å². The number of nitrogens with one attached hydrogen (secondary N) is 1. The van der Waals surface area contributed by atoms with Crippen LogP contribution in [0.25, 0.3) is 0 Å². The fourth-order valence-electron chi connectivity index (χ4n) is 3.47. The predicted molar refractivity (Wildman–Crippen MR) is 117 cm³/mol. The zero-order chi connectivity index (χ0) is 21.7. The molecule has 30 heavy (non-hydrogen) atoms. The maximum absolute atomic E-state index is 12.9. The van der Waals surface area contributed by atoms with Gasteiger partial charge in [-0.05, 0) is 42.7 Å². The molecule has 0 aliphatic carbocycles. The lowest BCUT2D eigenvalue weighted by Gasteiger charge is -2.31. The Kier molecular flexibility index (Phi) is 7.23. The Balaban J connectivity index is 1.69. The Bertz CT molecular complexity index is 1010. The largest absolute Gasteiger partial charge is 0.497 e. The van der Waals surface area contributed by atoms with Gasteiger partial charge in [0.2, 0.25) is 15.9 Å². The number of hydrogen-bond acceptors (Lipinski definition) is 5. The maximum atomic E-state index is 12.9. The first-order valence-electron chi connectivity index (χ1n) is 9.57. The van der Waals surface area contributed by atoms with Gasteiger partial charge in [0, 0.05) is 24.2 Å². The van der Waals surface area contributed by atoms with Crippen LogP contribution in [-0.4, -0.2) is 45.9 Å². The van der Waals surface area contributed by atoms with E-state index in [-0.39, 0.29) is 18.2 Å². The first kappa shape index (κ1) is 22.4. The minimum atomic E-state index is -3.56. The number of ether oxygens (including phenoxy) is 2. The normalized spacial score (nSPS) is 17.4. The average Bonchev–Trinajstić information content (AvgIpc) is 2.73. The SMILES string of the molecule is COc1ccc(NC(=O)[C@H]2CCCN(S(=O)(=O)Cc3cccc(Cl)c3)C2)c(OC)c1. The average molecular weight is 453 g/mol. The van der Waals surface area contributed by atoms with Gasteiger partial charge in [-0.25, -0.2) is 12.7 Å². The van der Waals surface area contributed by atoms with Crippen LogP contribution in [0, 0.1) is 5.92 Å². The summed E-state index contributed by atoms with van der Waals surface area (Å²) in [5.41, 5.74) is 1.14. The number of nitrogens with zero attached hydrogens (tertiary/aromatic N) is 1. The monoisotopic (exact) mass is 452 g/mol. The molecule has 0 bridgehead atoms. The summed E-state index contributed by atoms with van der Waals surface area (Å²) in [6.45, 7) is 0.547. The minimum absolute atomic E-state index is 0.145.